The Morgan fingerprint density at radius 1 is 1.30 bits per heavy atom. The highest BCUT2D eigenvalue weighted by atomic mass is 35.5. The number of hydrogen-bond acceptors (Lipinski definition) is 4. The van der Waals surface area contributed by atoms with Crippen LogP contribution in [0.15, 0.2) is 6.20 Å². The number of aryl methyl sites for hydroxylation is 1. The Labute approximate surface area is 150 Å². The summed E-state index contributed by atoms with van der Waals surface area (Å²) in [5.74, 6) is 1.11. The summed E-state index contributed by atoms with van der Waals surface area (Å²) >= 11 is 0. The number of methoxy groups -OCH3 is 1. The van der Waals surface area contributed by atoms with E-state index in [1.54, 1.807) is 7.11 Å². The van der Waals surface area contributed by atoms with Crippen LogP contribution >= 0.6 is 24.8 Å². The van der Waals surface area contributed by atoms with Gasteiger partial charge in [-0.25, -0.2) is 0 Å². The monoisotopic (exact) mass is 361 g/mol. The van der Waals surface area contributed by atoms with Gasteiger partial charge in [-0.3, -0.25) is 9.78 Å². The zero-order chi connectivity index (χ0) is 15.0. The second-order valence-corrected chi connectivity index (χ2v) is 6.16. The molecule has 2 saturated heterocycles. The van der Waals surface area contributed by atoms with E-state index in [2.05, 4.69) is 10.3 Å². The molecule has 1 amide bonds. The molecule has 3 heterocycles. The molecule has 1 aromatic rings. The van der Waals surface area contributed by atoms with Crippen LogP contribution in [-0.2, 0) is 11.3 Å². The number of likely N-dealkylation sites (tertiary alicyclic amines) is 1. The molecule has 7 heteroatoms. The predicted molar refractivity (Wildman–Crippen MR) is 94.7 cm³/mol. The van der Waals surface area contributed by atoms with E-state index in [0.717, 1.165) is 42.0 Å². The summed E-state index contributed by atoms with van der Waals surface area (Å²) in [6.45, 7) is 5.36. The van der Waals surface area contributed by atoms with Crippen molar-refractivity contribution in [3.63, 3.8) is 0 Å². The molecule has 0 aromatic carbocycles. The average molecular weight is 362 g/mol. The van der Waals surface area contributed by atoms with Crippen LogP contribution in [0.5, 0.6) is 5.75 Å². The predicted octanol–water partition coefficient (Wildman–Crippen LogP) is 2.40. The van der Waals surface area contributed by atoms with Gasteiger partial charge in [-0.1, -0.05) is 0 Å². The fourth-order valence-electron chi connectivity index (χ4n) is 3.48. The number of hydrogen-bond donors (Lipinski definition) is 1. The minimum atomic E-state index is 0. The van der Waals surface area contributed by atoms with Crippen LogP contribution in [0.1, 0.15) is 36.1 Å². The van der Waals surface area contributed by atoms with Gasteiger partial charge in [0.2, 0.25) is 5.91 Å². The first-order valence-corrected chi connectivity index (χ1v) is 7.61. The van der Waals surface area contributed by atoms with E-state index < -0.39 is 0 Å². The number of carbonyl (C=O) groups is 1. The standard InChI is InChI=1S/C16H23N3O2.2ClH/c1-10-7-17-14(11(2)16(10)21-3)9-19-8-13-5-4-12(18-13)6-15(19)20;;/h7,12-13,18H,4-6,8-9H2,1-3H3;2*1H/t12-,13+;;/m1../s1. The van der Waals surface area contributed by atoms with Crippen molar-refractivity contribution in [3.05, 3.63) is 23.0 Å². The van der Waals surface area contributed by atoms with Gasteiger partial charge in [0.1, 0.15) is 5.75 Å². The third-order valence-corrected chi connectivity index (χ3v) is 4.64. The van der Waals surface area contributed by atoms with Gasteiger partial charge in [-0.05, 0) is 26.7 Å². The highest BCUT2D eigenvalue weighted by molar-refractivity contribution is 5.85. The third-order valence-electron chi connectivity index (χ3n) is 4.64. The fourth-order valence-corrected chi connectivity index (χ4v) is 3.48. The topological polar surface area (TPSA) is 54.5 Å². The molecule has 0 spiro atoms. The number of nitrogens with zero attached hydrogens (tertiary/aromatic N) is 2. The summed E-state index contributed by atoms with van der Waals surface area (Å²) in [6, 6.07) is 0.809. The van der Waals surface area contributed by atoms with Crippen molar-refractivity contribution in [2.24, 2.45) is 0 Å². The summed E-state index contributed by atoms with van der Waals surface area (Å²) in [6.07, 6.45) is 4.73. The highest BCUT2D eigenvalue weighted by Crippen LogP contribution is 2.27. The van der Waals surface area contributed by atoms with E-state index in [9.17, 15) is 4.79 Å². The molecule has 5 nitrogen and oxygen atoms in total. The molecule has 2 fully saturated rings. The maximum Gasteiger partial charge on any atom is 0.224 e. The Morgan fingerprint density at radius 2 is 2.00 bits per heavy atom. The first-order chi connectivity index (χ1) is 10.1. The lowest BCUT2D eigenvalue weighted by molar-refractivity contribution is -0.132. The van der Waals surface area contributed by atoms with Crippen molar-refractivity contribution in [2.75, 3.05) is 13.7 Å². The molecule has 2 aliphatic heterocycles. The van der Waals surface area contributed by atoms with Crippen LogP contribution in [0, 0.1) is 13.8 Å². The molecule has 0 radical (unpaired) electrons. The molecule has 23 heavy (non-hydrogen) atoms. The molecule has 1 aromatic heterocycles. The SMILES string of the molecule is COc1c(C)cnc(CN2C[C@@H]3CC[C@H](CC2=O)N3)c1C.Cl.Cl. The molecule has 1 N–H and O–H groups in total. The van der Waals surface area contributed by atoms with Crippen molar-refractivity contribution >= 4 is 30.7 Å². The zero-order valence-corrected chi connectivity index (χ0v) is 15.4. The van der Waals surface area contributed by atoms with Crippen LogP contribution in [0.3, 0.4) is 0 Å². The molecular formula is C16H25Cl2N3O2. The van der Waals surface area contributed by atoms with E-state index in [0.29, 0.717) is 25.0 Å². The van der Waals surface area contributed by atoms with E-state index in [1.807, 2.05) is 24.9 Å². The number of aromatic nitrogens is 1. The Hall–Kier alpha value is -1.04. The van der Waals surface area contributed by atoms with Crippen LogP contribution in [0.4, 0.5) is 0 Å². The molecule has 3 rings (SSSR count). The minimum absolute atomic E-state index is 0. The van der Waals surface area contributed by atoms with Gasteiger partial charge in [0.05, 0.1) is 19.3 Å². The van der Waals surface area contributed by atoms with Gasteiger partial charge in [-0.2, -0.15) is 0 Å². The van der Waals surface area contributed by atoms with Crippen LogP contribution in [0.25, 0.3) is 0 Å². The third kappa shape index (κ3) is 4.08. The average Bonchev–Trinajstić information content (AvgIpc) is 2.81. The van der Waals surface area contributed by atoms with Crippen LogP contribution in [0.2, 0.25) is 0 Å². The van der Waals surface area contributed by atoms with Crippen molar-refractivity contribution in [1.29, 1.82) is 0 Å². The van der Waals surface area contributed by atoms with Gasteiger partial charge in [0.25, 0.3) is 0 Å². The smallest absolute Gasteiger partial charge is 0.224 e. The number of nitrogens with one attached hydrogen (secondary N) is 1. The molecular weight excluding hydrogens is 337 g/mol. The van der Waals surface area contributed by atoms with Gasteiger partial charge < -0.3 is 15.0 Å². The fraction of sp³-hybridized carbons (Fsp3) is 0.625. The lowest BCUT2D eigenvalue weighted by Gasteiger charge is -2.25. The maximum absolute atomic E-state index is 12.4. The van der Waals surface area contributed by atoms with Crippen LogP contribution in [-0.4, -0.2) is 41.5 Å². The van der Waals surface area contributed by atoms with E-state index in [1.165, 1.54) is 0 Å². The van der Waals surface area contributed by atoms with E-state index in [-0.39, 0.29) is 30.7 Å². The quantitative estimate of drug-likeness (QED) is 0.897. The Balaban J connectivity index is 0.00000132. The molecule has 2 atom stereocenters. The minimum Gasteiger partial charge on any atom is -0.496 e. The molecule has 0 unspecified atom stereocenters. The van der Waals surface area contributed by atoms with Crippen molar-refractivity contribution in [1.82, 2.24) is 15.2 Å². The van der Waals surface area contributed by atoms with Crippen molar-refractivity contribution in [2.45, 2.75) is 51.7 Å². The molecule has 130 valence electrons. The lowest BCUT2D eigenvalue weighted by Crippen LogP contribution is -2.37. The summed E-state index contributed by atoms with van der Waals surface area (Å²) in [7, 11) is 1.68. The number of fused-ring (bicyclic) bond motifs is 2. The second-order valence-electron chi connectivity index (χ2n) is 6.16. The van der Waals surface area contributed by atoms with Crippen LogP contribution < -0.4 is 10.1 Å². The highest BCUT2D eigenvalue weighted by Gasteiger charge is 2.33. The summed E-state index contributed by atoms with van der Waals surface area (Å²) in [4.78, 5) is 18.8. The van der Waals surface area contributed by atoms with Crippen molar-refractivity contribution < 1.29 is 9.53 Å². The lowest BCUT2D eigenvalue weighted by atomic mass is 10.1. The van der Waals surface area contributed by atoms with Gasteiger partial charge in [0, 0.05) is 42.4 Å². The van der Waals surface area contributed by atoms with Gasteiger partial charge in [0.15, 0.2) is 0 Å². The second kappa shape index (κ2) is 8.18. The number of rotatable bonds is 3. The van der Waals surface area contributed by atoms with E-state index in [4.69, 9.17) is 4.74 Å². The molecule has 0 saturated carbocycles. The number of amides is 1. The molecule has 2 bridgehead atoms. The molecule has 0 aliphatic carbocycles. The first kappa shape index (κ1) is 20.0. The zero-order valence-electron chi connectivity index (χ0n) is 13.8. The summed E-state index contributed by atoms with van der Waals surface area (Å²) in [5, 5.41) is 3.54. The van der Waals surface area contributed by atoms with E-state index >= 15 is 0 Å². The molecule has 2 aliphatic rings. The largest absolute Gasteiger partial charge is 0.496 e. The normalized spacial score (nSPS) is 22.9. The number of carbonyl (C=O) groups excluding carboxylic acids is 1. The van der Waals surface area contributed by atoms with Crippen molar-refractivity contribution in [3.8, 4) is 5.75 Å². The van der Waals surface area contributed by atoms with Gasteiger partial charge in [-0.15, -0.1) is 24.8 Å². The number of halogens is 2. The Bertz CT molecular complexity index is 569. The first-order valence-electron chi connectivity index (χ1n) is 7.61. The Kier molecular flexibility index (Phi) is 7.11. The summed E-state index contributed by atoms with van der Waals surface area (Å²) in [5.41, 5.74) is 3.00. The number of ether oxygens (including phenoxy) is 1. The maximum atomic E-state index is 12.4. The summed E-state index contributed by atoms with van der Waals surface area (Å²) < 4.78 is 5.45. The number of pyridine rings is 1. The van der Waals surface area contributed by atoms with Gasteiger partial charge >= 0.3 is 0 Å². The Morgan fingerprint density at radius 3 is 2.70 bits per heavy atom.